The molecule has 0 aliphatic heterocycles. The molecule has 1 aliphatic carbocycles. The molecule has 1 fully saturated rings. The summed E-state index contributed by atoms with van der Waals surface area (Å²) in [5.41, 5.74) is 1.33. The summed E-state index contributed by atoms with van der Waals surface area (Å²) in [5, 5.41) is 3.26. The zero-order valence-corrected chi connectivity index (χ0v) is 10.8. The average Bonchev–Trinajstić information content (AvgIpc) is 3.24. The van der Waals surface area contributed by atoms with Crippen LogP contribution in [0.3, 0.4) is 0 Å². The second-order valence-corrected chi connectivity index (χ2v) is 5.06. The Labute approximate surface area is 115 Å². The van der Waals surface area contributed by atoms with E-state index in [1.165, 1.54) is 30.3 Å². The van der Waals surface area contributed by atoms with Crippen molar-refractivity contribution in [2.45, 2.75) is 25.4 Å². The van der Waals surface area contributed by atoms with Crippen LogP contribution in [0.2, 0.25) is 0 Å². The van der Waals surface area contributed by atoms with Gasteiger partial charge in [-0.25, -0.2) is 13.2 Å². The van der Waals surface area contributed by atoms with E-state index in [0.29, 0.717) is 23.7 Å². The van der Waals surface area contributed by atoms with Crippen LogP contribution in [0.25, 0.3) is 11.1 Å². The predicted octanol–water partition coefficient (Wildman–Crippen LogP) is 4.02. The van der Waals surface area contributed by atoms with Gasteiger partial charge >= 0.3 is 0 Å². The lowest BCUT2D eigenvalue weighted by molar-refractivity contribution is 0.511. The molecule has 1 saturated carbocycles. The van der Waals surface area contributed by atoms with E-state index in [0.717, 1.165) is 18.9 Å². The zero-order valence-electron chi connectivity index (χ0n) is 10.8. The molecule has 1 aliphatic rings. The van der Waals surface area contributed by atoms with Crippen LogP contribution < -0.4 is 5.32 Å². The molecule has 104 valence electrons. The molecule has 2 aromatic rings. The second kappa shape index (κ2) is 5.29. The van der Waals surface area contributed by atoms with Crippen LogP contribution in [0.15, 0.2) is 36.4 Å². The highest BCUT2D eigenvalue weighted by Crippen LogP contribution is 2.29. The van der Waals surface area contributed by atoms with Gasteiger partial charge in [-0.3, -0.25) is 0 Å². The first kappa shape index (κ1) is 13.2. The largest absolute Gasteiger partial charge is 0.310 e. The third-order valence-corrected chi connectivity index (χ3v) is 3.47. The van der Waals surface area contributed by atoms with Crippen LogP contribution in [0.5, 0.6) is 0 Å². The Morgan fingerprint density at radius 1 is 1.00 bits per heavy atom. The van der Waals surface area contributed by atoms with Gasteiger partial charge in [0.2, 0.25) is 0 Å². The molecule has 1 nitrogen and oxygen atoms in total. The maximum atomic E-state index is 13.9. The van der Waals surface area contributed by atoms with Crippen molar-refractivity contribution in [1.29, 1.82) is 0 Å². The Kier molecular flexibility index (Phi) is 3.49. The molecule has 0 radical (unpaired) electrons. The standard InChI is InChI=1S/C16H14F3N/c17-11-4-7-13(10(8-11)9-20-12-5-6-12)14-2-1-3-15(18)16(14)19/h1-4,7-8,12,20H,5-6,9H2. The highest BCUT2D eigenvalue weighted by Gasteiger charge is 2.21. The first-order valence-corrected chi connectivity index (χ1v) is 6.61. The molecule has 2 aromatic carbocycles. The number of rotatable bonds is 4. The first-order valence-electron chi connectivity index (χ1n) is 6.61. The maximum absolute atomic E-state index is 13.9. The van der Waals surface area contributed by atoms with Gasteiger partial charge in [-0.15, -0.1) is 0 Å². The molecule has 0 unspecified atom stereocenters. The van der Waals surface area contributed by atoms with Crippen molar-refractivity contribution in [2.75, 3.05) is 0 Å². The van der Waals surface area contributed by atoms with E-state index >= 15 is 0 Å². The molecule has 0 atom stereocenters. The molecule has 20 heavy (non-hydrogen) atoms. The molecule has 4 heteroatoms. The van der Waals surface area contributed by atoms with E-state index in [9.17, 15) is 13.2 Å². The lowest BCUT2D eigenvalue weighted by Gasteiger charge is -2.12. The van der Waals surface area contributed by atoms with Crippen LogP contribution in [0.4, 0.5) is 13.2 Å². The van der Waals surface area contributed by atoms with Gasteiger partial charge in [0.25, 0.3) is 0 Å². The molecule has 0 aromatic heterocycles. The van der Waals surface area contributed by atoms with Crippen molar-refractivity contribution in [3.8, 4) is 11.1 Å². The number of benzene rings is 2. The van der Waals surface area contributed by atoms with Crippen molar-refractivity contribution in [2.24, 2.45) is 0 Å². The van der Waals surface area contributed by atoms with Crippen molar-refractivity contribution in [1.82, 2.24) is 5.32 Å². The number of hydrogen-bond donors (Lipinski definition) is 1. The highest BCUT2D eigenvalue weighted by atomic mass is 19.2. The van der Waals surface area contributed by atoms with Crippen molar-refractivity contribution >= 4 is 0 Å². The van der Waals surface area contributed by atoms with E-state index in [4.69, 9.17) is 0 Å². The monoisotopic (exact) mass is 277 g/mol. The van der Waals surface area contributed by atoms with Crippen LogP contribution in [0, 0.1) is 17.5 Å². The number of hydrogen-bond acceptors (Lipinski definition) is 1. The lowest BCUT2D eigenvalue weighted by Crippen LogP contribution is -2.16. The molecule has 3 rings (SSSR count). The molecule has 0 amide bonds. The summed E-state index contributed by atoms with van der Waals surface area (Å²) in [6.45, 7) is 0.452. The number of nitrogens with one attached hydrogen (secondary N) is 1. The average molecular weight is 277 g/mol. The Bertz CT molecular complexity index is 636. The fourth-order valence-electron chi connectivity index (χ4n) is 2.22. The van der Waals surface area contributed by atoms with E-state index in [2.05, 4.69) is 5.32 Å². The normalized spacial score (nSPS) is 14.6. The van der Waals surface area contributed by atoms with E-state index in [-0.39, 0.29) is 11.4 Å². The first-order chi connectivity index (χ1) is 9.65. The Morgan fingerprint density at radius 3 is 2.55 bits per heavy atom. The molecular weight excluding hydrogens is 263 g/mol. The van der Waals surface area contributed by atoms with Crippen LogP contribution in [0.1, 0.15) is 18.4 Å². The molecule has 0 spiro atoms. The Morgan fingerprint density at radius 2 is 1.80 bits per heavy atom. The van der Waals surface area contributed by atoms with Crippen LogP contribution >= 0.6 is 0 Å². The van der Waals surface area contributed by atoms with Crippen molar-refractivity contribution < 1.29 is 13.2 Å². The smallest absolute Gasteiger partial charge is 0.166 e. The van der Waals surface area contributed by atoms with Gasteiger partial charge in [0, 0.05) is 18.2 Å². The zero-order chi connectivity index (χ0) is 14.1. The van der Waals surface area contributed by atoms with E-state index < -0.39 is 11.6 Å². The summed E-state index contributed by atoms with van der Waals surface area (Å²) in [7, 11) is 0. The van der Waals surface area contributed by atoms with Crippen LogP contribution in [-0.2, 0) is 6.54 Å². The summed E-state index contributed by atoms with van der Waals surface area (Å²) in [6, 6.07) is 8.63. The SMILES string of the molecule is Fc1ccc(-c2cccc(F)c2F)c(CNC2CC2)c1. The second-order valence-electron chi connectivity index (χ2n) is 5.06. The predicted molar refractivity (Wildman–Crippen MR) is 71.6 cm³/mol. The highest BCUT2D eigenvalue weighted by molar-refractivity contribution is 5.68. The van der Waals surface area contributed by atoms with Crippen LogP contribution in [-0.4, -0.2) is 6.04 Å². The maximum Gasteiger partial charge on any atom is 0.166 e. The van der Waals surface area contributed by atoms with Gasteiger partial charge in [-0.05, 0) is 42.2 Å². The summed E-state index contributed by atoms with van der Waals surface area (Å²) in [5.74, 6) is -2.17. The fraction of sp³-hybridized carbons (Fsp3) is 0.250. The summed E-state index contributed by atoms with van der Waals surface area (Å²) >= 11 is 0. The van der Waals surface area contributed by atoms with Crippen molar-refractivity contribution in [3.63, 3.8) is 0 Å². The Balaban J connectivity index is 2.00. The van der Waals surface area contributed by atoms with E-state index in [1.54, 1.807) is 0 Å². The molecule has 0 saturated heterocycles. The lowest BCUT2D eigenvalue weighted by atomic mass is 9.98. The minimum Gasteiger partial charge on any atom is -0.310 e. The third kappa shape index (κ3) is 2.70. The minimum absolute atomic E-state index is 0.164. The van der Waals surface area contributed by atoms with Gasteiger partial charge in [-0.1, -0.05) is 18.2 Å². The van der Waals surface area contributed by atoms with Gasteiger partial charge in [0.1, 0.15) is 5.82 Å². The summed E-state index contributed by atoms with van der Waals surface area (Å²) in [6.07, 6.45) is 2.22. The summed E-state index contributed by atoms with van der Waals surface area (Å²) in [4.78, 5) is 0. The Hall–Kier alpha value is -1.81. The fourth-order valence-corrected chi connectivity index (χ4v) is 2.22. The topological polar surface area (TPSA) is 12.0 Å². The molecule has 1 N–H and O–H groups in total. The minimum atomic E-state index is -0.896. The molecular formula is C16H14F3N. The van der Waals surface area contributed by atoms with Gasteiger partial charge in [-0.2, -0.15) is 0 Å². The van der Waals surface area contributed by atoms with Gasteiger partial charge in [0.15, 0.2) is 11.6 Å². The van der Waals surface area contributed by atoms with Gasteiger partial charge in [0.05, 0.1) is 0 Å². The summed E-state index contributed by atoms with van der Waals surface area (Å²) < 4.78 is 40.6. The molecule has 0 heterocycles. The quantitative estimate of drug-likeness (QED) is 0.890. The molecule has 0 bridgehead atoms. The van der Waals surface area contributed by atoms with Crippen molar-refractivity contribution in [3.05, 3.63) is 59.4 Å². The van der Waals surface area contributed by atoms with Gasteiger partial charge < -0.3 is 5.32 Å². The van der Waals surface area contributed by atoms with E-state index in [1.807, 2.05) is 0 Å². The third-order valence-electron chi connectivity index (χ3n) is 3.47. The number of halogens is 3.